The molecule has 1 aromatic rings. The fourth-order valence-corrected chi connectivity index (χ4v) is 2.28. The van der Waals surface area contributed by atoms with E-state index in [2.05, 4.69) is 5.32 Å². The first-order valence-electron chi connectivity index (χ1n) is 7.41. The van der Waals surface area contributed by atoms with Crippen LogP contribution >= 0.6 is 0 Å². The van der Waals surface area contributed by atoms with Crippen LogP contribution in [0.2, 0.25) is 0 Å². The molecule has 5 heteroatoms. The molecule has 1 aromatic carbocycles. The van der Waals surface area contributed by atoms with Crippen LogP contribution < -0.4 is 5.32 Å². The van der Waals surface area contributed by atoms with Crippen LogP contribution in [0.15, 0.2) is 18.2 Å². The highest BCUT2D eigenvalue weighted by Crippen LogP contribution is 2.12. The minimum absolute atomic E-state index is 0.0928. The lowest BCUT2D eigenvalue weighted by molar-refractivity contribution is 0.0166. The van der Waals surface area contributed by atoms with Crippen molar-refractivity contribution in [3.63, 3.8) is 0 Å². The number of amides is 1. The van der Waals surface area contributed by atoms with E-state index in [-0.39, 0.29) is 17.6 Å². The second-order valence-corrected chi connectivity index (χ2v) is 5.26. The Morgan fingerprint density at radius 1 is 1.52 bits per heavy atom. The van der Waals surface area contributed by atoms with Gasteiger partial charge in [0.25, 0.3) is 5.91 Å². The minimum Gasteiger partial charge on any atom is -0.379 e. The van der Waals surface area contributed by atoms with Gasteiger partial charge in [-0.2, -0.15) is 0 Å². The zero-order valence-corrected chi connectivity index (χ0v) is 12.4. The molecule has 1 heterocycles. The van der Waals surface area contributed by atoms with Crippen LogP contribution in [-0.2, 0) is 9.47 Å². The van der Waals surface area contributed by atoms with Gasteiger partial charge in [0.05, 0.1) is 18.3 Å². The zero-order valence-electron chi connectivity index (χ0n) is 12.4. The van der Waals surface area contributed by atoms with E-state index in [0.29, 0.717) is 31.7 Å². The summed E-state index contributed by atoms with van der Waals surface area (Å²) in [6.45, 7) is 4.12. The van der Waals surface area contributed by atoms with E-state index in [9.17, 15) is 9.18 Å². The lowest BCUT2D eigenvalue weighted by atomic mass is 10.1. The number of carbonyl (C=O) groups is 1. The number of rotatable bonds is 7. The highest BCUT2D eigenvalue weighted by Gasteiger charge is 2.15. The number of hydrogen-bond donors (Lipinski definition) is 1. The third-order valence-corrected chi connectivity index (χ3v) is 3.52. The molecule has 4 nitrogen and oxygen atoms in total. The molecule has 21 heavy (non-hydrogen) atoms. The summed E-state index contributed by atoms with van der Waals surface area (Å²) in [5.41, 5.74) is 0.567. The highest BCUT2D eigenvalue weighted by atomic mass is 19.1. The maximum Gasteiger partial charge on any atom is 0.254 e. The van der Waals surface area contributed by atoms with Gasteiger partial charge in [0.1, 0.15) is 5.82 Å². The highest BCUT2D eigenvalue weighted by molar-refractivity contribution is 5.94. The minimum atomic E-state index is -0.454. The van der Waals surface area contributed by atoms with E-state index in [4.69, 9.17) is 9.47 Å². The number of benzene rings is 1. The van der Waals surface area contributed by atoms with Crippen LogP contribution in [-0.4, -0.2) is 38.4 Å². The molecule has 1 unspecified atom stereocenters. The average Bonchev–Trinajstić information content (AvgIpc) is 2.98. The number of hydrogen-bond acceptors (Lipinski definition) is 3. The first kappa shape index (κ1) is 15.9. The summed E-state index contributed by atoms with van der Waals surface area (Å²) < 4.78 is 24.7. The standard InChI is InChI=1S/C16H22FNO3/c1-12-5-2-7-14(15(12)17)16(19)18-8-4-9-20-11-13-6-3-10-21-13/h2,5,7,13H,3-4,6,8-11H2,1H3,(H,18,19). The normalized spacial score (nSPS) is 17.9. The summed E-state index contributed by atoms with van der Waals surface area (Å²) in [6, 6.07) is 4.81. The molecule has 2 rings (SSSR count). The van der Waals surface area contributed by atoms with E-state index < -0.39 is 5.82 Å². The Balaban J connectivity index is 1.61. The molecular formula is C16H22FNO3. The summed E-state index contributed by atoms with van der Waals surface area (Å²) in [7, 11) is 0. The lowest BCUT2D eigenvalue weighted by Gasteiger charge is -2.10. The number of ether oxygens (including phenoxy) is 2. The van der Waals surface area contributed by atoms with Crippen LogP contribution in [0.4, 0.5) is 4.39 Å². The molecule has 0 aliphatic carbocycles. The second-order valence-electron chi connectivity index (χ2n) is 5.26. The fourth-order valence-electron chi connectivity index (χ4n) is 2.28. The second kappa shape index (κ2) is 8.10. The molecule has 0 aromatic heterocycles. The van der Waals surface area contributed by atoms with Gasteiger partial charge in [0, 0.05) is 19.8 Å². The van der Waals surface area contributed by atoms with Crippen LogP contribution in [0.1, 0.15) is 35.2 Å². The maximum absolute atomic E-state index is 13.8. The molecule has 0 radical (unpaired) electrons. The first-order chi connectivity index (χ1) is 10.2. The van der Waals surface area contributed by atoms with Crippen molar-refractivity contribution in [2.24, 2.45) is 0 Å². The van der Waals surface area contributed by atoms with Gasteiger partial charge in [-0.05, 0) is 37.8 Å². The van der Waals surface area contributed by atoms with Gasteiger partial charge in [-0.15, -0.1) is 0 Å². The lowest BCUT2D eigenvalue weighted by Crippen LogP contribution is -2.26. The molecule has 1 N–H and O–H groups in total. The Morgan fingerprint density at radius 3 is 3.14 bits per heavy atom. The predicted octanol–water partition coefficient (Wildman–Crippen LogP) is 2.45. The van der Waals surface area contributed by atoms with E-state index >= 15 is 0 Å². The molecule has 1 amide bonds. The van der Waals surface area contributed by atoms with Gasteiger partial charge in [0.2, 0.25) is 0 Å². The number of nitrogens with one attached hydrogen (secondary N) is 1. The van der Waals surface area contributed by atoms with Crippen molar-refractivity contribution < 1.29 is 18.7 Å². The van der Waals surface area contributed by atoms with Gasteiger partial charge in [-0.3, -0.25) is 4.79 Å². The van der Waals surface area contributed by atoms with Crippen molar-refractivity contribution in [3.8, 4) is 0 Å². The number of halogens is 1. The van der Waals surface area contributed by atoms with E-state index in [1.54, 1.807) is 19.1 Å². The molecule has 1 saturated heterocycles. The first-order valence-corrected chi connectivity index (χ1v) is 7.41. The molecular weight excluding hydrogens is 273 g/mol. The largest absolute Gasteiger partial charge is 0.379 e. The maximum atomic E-state index is 13.8. The zero-order chi connectivity index (χ0) is 15.1. The topological polar surface area (TPSA) is 47.6 Å². The Labute approximate surface area is 124 Å². The summed E-state index contributed by atoms with van der Waals surface area (Å²) in [4.78, 5) is 11.8. The molecule has 116 valence electrons. The van der Waals surface area contributed by atoms with Crippen molar-refractivity contribution in [2.45, 2.75) is 32.3 Å². The Hall–Kier alpha value is -1.46. The van der Waals surface area contributed by atoms with Gasteiger partial charge >= 0.3 is 0 Å². The van der Waals surface area contributed by atoms with Gasteiger partial charge in [-0.25, -0.2) is 4.39 Å². The van der Waals surface area contributed by atoms with Crippen LogP contribution in [0.5, 0.6) is 0 Å². The summed E-state index contributed by atoms with van der Waals surface area (Å²) in [6.07, 6.45) is 3.09. The van der Waals surface area contributed by atoms with Gasteiger partial charge in [-0.1, -0.05) is 12.1 Å². The van der Waals surface area contributed by atoms with Crippen molar-refractivity contribution in [1.82, 2.24) is 5.32 Å². The van der Waals surface area contributed by atoms with E-state index in [0.717, 1.165) is 19.4 Å². The van der Waals surface area contributed by atoms with E-state index in [1.807, 2.05) is 0 Å². The smallest absolute Gasteiger partial charge is 0.254 e. The molecule has 1 aliphatic rings. The van der Waals surface area contributed by atoms with E-state index in [1.165, 1.54) is 6.07 Å². The summed E-state index contributed by atoms with van der Waals surface area (Å²) in [5, 5.41) is 2.71. The number of carbonyl (C=O) groups excluding carboxylic acids is 1. The Kier molecular flexibility index (Phi) is 6.14. The fraction of sp³-hybridized carbons (Fsp3) is 0.562. The SMILES string of the molecule is Cc1cccc(C(=O)NCCCOCC2CCCO2)c1F. The molecule has 0 saturated carbocycles. The average molecular weight is 295 g/mol. The van der Waals surface area contributed by atoms with Gasteiger partial charge < -0.3 is 14.8 Å². The molecule has 0 spiro atoms. The van der Waals surface area contributed by atoms with Crippen molar-refractivity contribution >= 4 is 5.91 Å². The van der Waals surface area contributed by atoms with Gasteiger partial charge in [0.15, 0.2) is 0 Å². The monoisotopic (exact) mass is 295 g/mol. The molecule has 0 bridgehead atoms. The predicted molar refractivity (Wildman–Crippen MR) is 77.9 cm³/mol. The summed E-state index contributed by atoms with van der Waals surface area (Å²) >= 11 is 0. The molecule has 1 atom stereocenters. The number of aryl methyl sites for hydroxylation is 1. The van der Waals surface area contributed by atoms with Crippen LogP contribution in [0.25, 0.3) is 0 Å². The molecule has 1 aliphatic heterocycles. The Bertz CT molecular complexity index is 473. The third-order valence-electron chi connectivity index (χ3n) is 3.52. The van der Waals surface area contributed by atoms with Crippen molar-refractivity contribution in [3.05, 3.63) is 35.1 Å². The molecule has 1 fully saturated rings. The quantitative estimate of drug-likeness (QED) is 0.786. The van der Waals surface area contributed by atoms with Crippen molar-refractivity contribution in [2.75, 3.05) is 26.4 Å². The van der Waals surface area contributed by atoms with Crippen LogP contribution in [0.3, 0.4) is 0 Å². The summed E-state index contributed by atoms with van der Waals surface area (Å²) in [5.74, 6) is -0.833. The Morgan fingerprint density at radius 2 is 2.38 bits per heavy atom. The van der Waals surface area contributed by atoms with Crippen molar-refractivity contribution in [1.29, 1.82) is 0 Å². The third kappa shape index (κ3) is 4.79. The van der Waals surface area contributed by atoms with Crippen LogP contribution in [0, 0.1) is 12.7 Å².